The maximum atomic E-state index is 15.5. The Bertz CT molecular complexity index is 1700. The molecule has 2 heterocycles. The first-order chi connectivity index (χ1) is 22.3. The molecule has 1 aromatic carbocycles. The third-order valence-electron chi connectivity index (χ3n) is 9.40. The van der Waals surface area contributed by atoms with E-state index < -0.39 is 47.7 Å². The van der Waals surface area contributed by atoms with Crippen LogP contribution in [0.3, 0.4) is 0 Å². The predicted molar refractivity (Wildman–Crippen MR) is 167 cm³/mol. The number of carbonyl (C=O) groups is 2. The fourth-order valence-corrected chi connectivity index (χ4v) is 6.52. The Labute approximate surface area is 277 Å². The number of carbonyl (C=O) groups excluding carboxylic acids is 2. The highest BCUT2D eigenvalue weighted by atomic mass is 35.5. The van der Waals surface area contributed by atoms with Crippen molar-refractivity contribution in [2.75, 3.05) is 18.5 Å². The van der Waals surface area contributed by atoms with Gasteiger partial charge in [0.1, 0.15) is 0 Å². The normalized spacial score (nSPS) is 22.7. The van der Waals surface area contributed by atoms with Gasteiger partial charge in [-0.1, -0.05) is 38.4 Å². The van der Waals surface area contributed by atoms with Crippen LogP contribution in [0.5, 0.6) is 5.88 Å². The summed E-state index contributed by atoms with van der Waals surface area (Å²) >= 11 is 6.27. The lowest BCUT2D eigenvalue weighted by atomic mass is 9.77. The molecular formula is C32H37ClF6N6O3. The molecule has 1 atom stereocenters. The maximum absolute atomic E-state index is 15.5. The number of nitrogens with zero attached hydrogens (tertiary/aromatic N) is 2. The highest BCUT2D eigenvalue weighted by Crippen LogP contribution is 2.65. The van der Waals surface area contributed by atoms with E-state index in [1.807, 2.05) is 6.92 Å². The Morgan fingerprint density at radius 2 is 1.83 bits per heavy atom. The largest absolute Gasteiger partial charge is 0.471 e. The molecule has 262 valence electrons. The van der Waals surface area contributed by atoms with Crippen LogP contribution >= 0.6 is 11.6 Å². The molecule has 0 bridgehead atoms. The second kappa shape index (κ2) is 13.0. The Kier molecular flexibility index (Phi) is 9.69. The lowest BCUT2D eigenvalue weighted by Crippen LogP contribution is -2.40. The molecule has 16 heteroatoms. The average molecular weight is 703 g/mol. The average Bonchev–Trinajstić information content (AvgIpc) is 3.34. The summed E-state index contributed by atoms with van der Waals surface area (Å²) in [5.41, 5.74) is -1.52. The van der Waals surface area contributed by atoms with Crippen molar-refractivity contribution in [2.24, 2.45) is 16.7 Å². The monoisotopic (exact) mass is 702 g/mol. The minimum atomic E-state index is -4.23. The van der Waals surface area contributed by atoms with Gasteiger partial charge in [0.15, 0.2) is 23.9 Å². The van der Waals surface area contributed by atoms with Gasteiger partial charge in [0.25, 0.3) is 6.43 Å². The third kappa shape index (κ3) is 7.51. The van der Waals surface area contributed by atoms with Crippen LogP contribution in [-0.4, -0.2) is 57.9 Å². The van der Waals surface area contributed by atoms with Crippen LogP contribution < -0.4 is 20.7 Å². The number of imidazole rings is 1. The summed E-state index contributed by atoms with van der Waals surface area (Å²) in [5, 5.41) is 8.61. The fourth-order valence-electron chi connectivity index (χ4n) is 6.32. The van der Waals surface area contributed by atoms with E-state index in [1.54, 1.807) is 20.8 Å². The fraction of sp³-hybridized carbons (Fsp3) is 0.562. The zero-order chi connectivity index (χ0) is 35.2. The molecule has 4 N–H and O–H groups in total. The van der Waals surface area contributed by atoms with Crippen LogP contribution in [0.2, 0.25) is 5.02 Å². The highest BCUT2D eigenvalue weighted by Gasteiger charge is 2.65. The first-order valence-corrected chi connectivity index (χ1v) is 15.9. The molecular weight excluding hydrogens is 666 g/mol. The van der Waals surface area contributed by atoms with Gasteiger partial charge in [0, 0.05) is 23.1 Å². The summed E-state index contributed by atoms with van der Waals surface area (Å²) in [6.07, 6.45) is -5.64. The van der Waals surface area contributed by atoms with E-state index in [-0.39, 0.29) is 82.1 Å². The van der Waals surface area contributed by atoms with Gasteiger partial charge in [0.2, 0.25) is 17.7 Å². The van der Waals surface area contributed by atoms with Crippen LogP contribution in [0.1, 0.15) is 75.7 Å². The van der Waals surface area contributed by atoms with Crippen molar-refractivity contribution in [1.82, 2.24) is 25.6 Å². The number of H-pyrrole nitrogens is 1. The number of pyridine rings is 1. The first-order valence-electron chi connectivity index (χ1n) is 15.5. The number of aromatic nitrogens is 3. The predicted octanol–water partition coefficient (Wildman–Crippen LogP) is 7.47. The molecule has 2 aliphatic rings. The number of hydrogen-bond acceptors (Lipinski definition) is 7. The van der Waals surface area contributed by atoms with Crippen LogP contribution in [0.15, 0.2) is 18.2 Å². The van der Waals surface area contributed by atoms with Gasteiger partial charge in [0.05, 0.1) is 34.3 Å². The number of benzene rings is 1. The highest BCUT2D eigenvalue weighted by molar-refractivity contribution is 6.33. The smallest absolute Gasteiger partial charge is 0.391 e. The van der Waals surface area contributed by atoms with Gasteiger partial charge in [-0.3, -0.25) is 9.59 Å². The lowest BCUT2D eigenvalue weighted by molar-refractivity contribution is -0.185. The van der Waals surface area contributed by atoms with Gasteiger partial charge in [-0.25, -0.2) is 13.2 Å². The Morgan fingerprint density at radius 1 is 1.15 bits per heavy atom. The van der Waals surface area contributed by atoms with Crippen molar-refractivity contribution in [2.45, 2.75) is 84.5 Å². The number of anilines is 2. The number of alkyl halides is 5. The molecule has 0 radical (unpaired) electrons. The van der Waals surface area contributed by atoms with E-state index in [9.17, 15) is 31.5 Å². The molecule has 0 aliphatic heterocycles. The second-order valence-electron chi connectivity index (χ2n) is 13.8. The summed E-state index contributed by atoms with van der Waals surface area (Å²) in [6, 6.07) is 4.21. The van der Waals surface area contributed by atoms with Gasteiger partial charge >= 0.3 is 6.18 Å². The van der Waals surface area contributed by atoms with Gasteiger partial charge in [-0.15, -0.1) is 0 Å². The summed E-state index contributed by atoms with van der Waals surface area (Å²) in [4.78, 5) is 37.0. The number of aromatic amines is 1. The molecule has 48 heavy (non-hydrogen) atoms. The van der Waals surface area contributed by atoms with Crippen LogP contribution in [0.25, 0.3) is 11.2 Å². The maximum Gasteiger partial charge on any atom is 0.391 e. The third-order valence-corrected chi connectivity index (χ3v) is 9.72. The standard InChI is InChI=1S/C32H37ClF6N6O3/c1-29(2,3)27(47)40-12-16-5-6-19(33)24(23(16)36)43-28-42-20-11-18(26(44-25(20)45-28)48-14-22(34)35)21(46)13-41-30(4)15-31(30)9-7-17(8-10-31)32(37,38)39/h5-6,11,17,22,41H,7-10,12-15H2,1-4H3,(H,40,47)(H2,42,43,44,45). The van der Waals surface area contributed by atoms with Gasteiger partial charge in [-0.05, 0) is 56.6 Å². The number of fused-ring (bicyclic) bond motifs is 1. The number of amides is 1. The van der Waals surface area contributed by atoms with E-state index >= 15 is 4.39 Å². The molecule has 9 nitrogen and oxygen atoms in total. The zero-order valence-electron chi connectivity index (χ0n) is 26.8. The molecule has 1 spiro atoms. The molecule has 2 aromatic heterocycles. The number of nitrogens with one attached hydrogen (secondary N) is 4. The first kappa shape index (κ1) is 35.7. The lowest BCUT2D eigenvalue weighted by Gasteiger charge is -2.33. The molecule has 1 unspecified atom stereocenters. The van der Waals surface area contributed by atoms with Crippen molar-refractivity contribution in [1.29, 1.82) is 0 Å². The topological polar surface area (TPSA) is 121 Å². The minimum absolute atomic E-state index is 0.00736. The summed E-state index contributed by atoms with van der Waals surface area (Å²) < 4.78 is 86.3. The second-order valence-corrected chi connectivity index (χ2v) is 14.2. The molecule has 1 amide bonds. The van der Waals surface area contributed by atoms with E-state index in [4.69, 9.17) is 16.3 Å². The van der Waals surface area contributed by atoms with Gasteiger partial charge in [-0.2, -0.15) is 23.1 Å². The number of rotatable bonds is 11. The number of hydrogen-bond donors (Lipinski definition) is 4. The van der Waals surface area contributed by atoms with E-state index in [2.05, 4.69) is 30.9 Å². The molecule has 2 saturated carbocycles. The van der Waals surface area contributed by atoms with E-state index in [0.717, 1.165) is 0 Å². The Hall–Kier alpha value is -3.59. The molecule has 3 aromatic rings. The number of Topliss-reactive ketones (excluding diaryl/α,β-unsaturated/α-hetero) is 1. The van der Waals surface area contributed by atoms with Crippen molar-refractivity contribution in [3.63, 3.8) is 0 Å². The van der Waals surface area contributed by atoms with E-state index in [0.29, 0.717) is 19.3 Å². The molecule has 2 aliphatic carbocycles. The number of ether oxygens (including phenoxy) is 1. The van der Waals surface area contributed by atoms with Crippen LogP contribution in [0.4, 0.5) is 38.0 Å². The molecule has 5 rings (SSSR count). The van der Waals surface area contributed by atoms with E-state index in [1.165, 1.54) is 18.2 Å². The summed E-state index contributed by atoms with van der Waals surface area (Å²) in [5.74, 6) is -3.30. The summed E-state index contributed by atoms with van der Waals surface area (Å²) in [6.45, 7) is 5.66. The van der Waals surface area contributed by atoms with Gasteiger partial charge < -0.3 is 25.7 Å². The molecule has 0 saturated heterocycles. The van der Waals surface area contributed by atoms with Crippen molar-refractivity contribution >= 4 is 46.1 Å². The Balaban J connectivity index is 1.33. The number of ketones is 1. The minimum Gasteiger partial charge on any atom is -0.471 e. The summed E-state index contributed by atoms with van der Waals surface area (Å²) in [7, 11) is 0. The quantitative estimate of drug-likeness (QED) is 0.121. The SMILES string of the molecule is CC(C)(C)C(=O)NCc1ccc(Cl)c(Nc2nc3nc(OCC(F)F)c(C(=O)CNC4(C)CC45CCC(C(F)(F)F)CC5)cc3[nH]2)c1F. The Morgan fingerprint density at radius 3 is 2.46 bits per heavy atom. The van der Waals surface area contributed by atoms with Crippen LogP contribution in [0, 0.1) is 22.6 Å². The van der Waals surface area contributed by atoms with Crippen molar-refractivity contribution < 1.29 is 40.7 Å². The number of halogens is 7. The van der Waals surface area contributed by atoms with Crippen molar-refractivity contribution in [3.8, 4) is 5.88 Å². The van der Waals surface area contributed by atoms with Crippen molar-refractivity contribution in [3.05, 3.63) is 40.2 Å². The van der Waals surface area contributed by atoms with Crippen LogP contribution in [-0.2, 0) is 11.3 Å². The molecule has 2 fully saturated rings. The zero-order valence-corrected chi connectivity index (χ0v) is 27.6.